The highest BCUT2D eigenvalue weighted by molar-refractivity contribution is 5.77. The van der Waals surface area contributed by atoms with Crippen LogP contribution in [0.15, 0.2) is 18.2 Å². The van der Waals surface area contributed by atoms with Crippen LogP contribution in [0, 0.1) is 6.92 Å². The molecule has 1 aromatic rings. The Balaban J connectivity index is 2.79. The predicted octanol–water partition coefficient (Wildman–Crippen LogP) is 1.43. The zero-order chi connectivity index (χ0) is 12.8. The summed E-state index contributed by atoms with van der Waals surface area (Å²) in [4.78, 5) is 21.2. The van der Waals surface area contributed by atoms with Crippen LogP contribution in [0.5, 0.6) is 11.5 Å². The molecular formula is C12H14O5. The van der Waals surface area contributed by atoms with Crippen molar-refractivity contribution < 1.29 is 24.2 Å². The Hall–Kier alpha value is -2.04. The van der Waals surface area contributed by atoms with Gasteiger partial charge in [0.25, 0.3) is 0 Å². The fourth-order valence-electron chi connectivity index (χ4n) is 1.17. The van der Waals surface area contributed by atoms with Gasteiger partial charge in [-0.15, -0.1) is 0 Å². The minimum Gasteiger partial charge on any atom is -0.482 e. The monoisotopic (exact) mass is 238 g/mol. The molecule has 5 heteroatoms. The average Bonchev–Trinajstić information content (AvgIpc) is 2.24. The largest absolute Gasteiger partial charge is 0.482 e. The zero-order valence-electron chi connectivity index (χ0n) is 9.73. The van der Waals surface area contributed by atoms with E-state index in [1.54, 1.807) is 18.2 Å². The number of hydrogen-bond acceptors (Lipinski definition) is 4. The van der Waals surface area contributed by atoms with Gasteiger partial charge >= 0.3 is 5.97 Å². The molecule has 5 nitrogen and oxygen atoms in total. The van der Waals surface area contributed by atoms with Gasteiger partial charge in [0.1, 0.15) is 6.61 Å². The van der Waals surface area contributed by atoms with Crippen LogP contribution >= 0.6 is 0 Å². The van der Waals surface area contributed by atoms with E-state index >= 15 is 0 Å². The number of aryl methyl sites for hydroxylation is 1. The highest BCUT2D eigenvalue weighted by atomic mass is 16.5. The molecule has 0 amide bonds. The Bertz CT molecular complexity index is 425. The first-order valence-corrected chi connectivity index (χ1v) is 5.06. The van der Waals surface area contributed by atoms with Gasteiger partial charge in [-0.05, 0) is 31.5 Å². The topological polar surface area (TPSA) is 72.8 Å². The molecule has 1 aromatic carbocycles. The number of carbonyl (C=O) groups is 2. The van der Waals surface area contributed by atoms with Gasteiger partial charge in [0.05, 0.1) is 0 Å². The van der Waals surface area contributed by atoms with Gasteiger partial charge < -0.3 is 14.6 Å². The number of rotatable bonds is 6. The second-order valence-corrected chi connectivity index (χ2v) is 3.62. The molecule has 17 heavy (non-hydrogen) atoms. The van der Waals surface area contributed by atoms with E-state index in [0.29, 0.717) is 11.5 Å². The Morgan fingerprint density at radius 3 is 2.41 bits per heavy atom. The van der Waals surface area contributed by atoms with Gasteiger partial charge in [-0.2, -0.15) is 0 Å². The summed E-state index contributed by atoms with van der Waals surface area (Å²) >= 11 is 0. The first-order valence-electron chi connectivity index (χ1n) is 5.06. The van der Waals surface area contributed by atoms with Crippen LogP contribution in [-0.2, 0) is 9.59 Å². The van der Waals surface area contributed by atoms with Crippen LogP contribution in [0.3, 0.4) is 0 Å². The first-order chi connectivity index (χ1) is 7.99. The van der Waals surface area contributed by atoms with Crippen molar-refractivity contribution in [2.75, 3.05) is 13.2 Å². The number of ketones is 1. The number of Topliss-reactive ketones (excluding diaryl/α,β-unsaturated/α-hetero) is 1. The van der Waals surface area contributed by atoms with Gasteiger partial charge in [-0.3, -0.25) is 4.79 Å². The summed E-state index contributed by atoms with van der Waals surface area (Å²) in [5.74, 6) is -0.487. The van der Waals surface area contributed by atoms with Crippen LogP contribution in [-0.4, -0.2) is 30.1 Å². The van der Waals surface area contributed by atoms with E-state index in [1.807, 2.05) is 6.92 Å². The maximum absolute atomic E-state index is 10.8. The lowest BCUT2D eigenvalue weighted by Gasteiger charge is -2.11. The number of hydrogen-bond donors (Lipinski definition) is 1. The molecule has 0 atom stereocenters. The van der Waals surface area contributed by atoms with Crippen molar-refractivity contribution in [3.8, 4) is 11.5 Å². The van der Waals surface area contributed by atoms with Gasteiger partial charge in [-0.1, -0.05) is 6.07 Å². The fourth-order valence-corrected chi connectivity index (χ4v) is 1.17. The summed E-state index contributed by atoms with van der Waals surface area (Å²) in [6.45, 7) is 2.75. The number of aliphatic carboxylic acids is 1. The van der Waals surface area contributed by atoms with Crippen molar-refractivity contribution in [3.05, 3.63) is 23.8 Å². The van der Waals surface area contributed by atoms with Crippen LogP contribution < -0.4 is 9.47 Å². The lowest BCUT2D eigenvalue weighted by Crippen LogP contribution is -2.12. The van der Waals surface area contributed by atoms with Crippen molar-refractivity contribution in [3.63, 3.8) is 0 Å². The van der Waals surface area contributed by atoms with E-state index in [4.69, 9.17) is 14.6 Å². The molecule has 92 valence electrons. The SMILES string of the molecule is CC(=O)COc1ccc(C)cc1OCC(=O)O. The predicted molar refractivity (Wildman–Crippen MR) is 60.5 cm³/mol. The van der Waals surface area contributed by atoms with Crippen LogP contribution in [0.25, 0.3) is 0 Å². The zero-order valence-corrected chi connectivity index (χ0v) is 9.73. The van der Waals surface area contributed by atoms with Gasteiger partial charge in [-0.25, -0.2) is 4.79 Å². The van der Waals surface area contributed by atoms with Crippen LogP contribution in [0.1, 0.15) is 12.5 Å². The van der Waals surface area contributed by atoms with Crippen LogP contribution in [0.4, 0.5) is 0 Å². The standard InChI is InChI=1S/C12H14O5/c1-8-3-4-10(16-6-9(2)13)11(5-8)17-7-12(14)15/h3-5H,6-7H2,1-2H3,(H,14,15). The molecule has 1 rings (SSSR count). The van der Waals surface area contributed by atoms with Crippen LogP contribution in [0.2, 0.25) is 0 Å². The third-order valence-corrected chi connectivity index (χ3v) is 1.88. The second kappa shape index (κ2) is 5.89. The molecule has 0 aliphatic rings. The van der Waals surface area contributed by atoms with Crippen molar-refractivity contribution >= 4 is 11.8 Å². The van der Waals surface area contributed by atoms with Gasteiger partial charge in [0.2, 0.25) is 0 Å². The molecule has 0 heterocycles. The number of carboxylic acid groups (broad SMARTS) is 1. The van der Waals surface area contributed by atoms with E-state index in [0.717, 1.165) is 5.56 Å². The number of carboxylic acids is 1. The third-order valence-electron chi connectivity index (χ3n) is 1.88. The number of benzene rings is 1. The van der Waals surface area contributed by atoms with E-state index in [9.17, 15) is 9.59 Å². The van der Waals surface area contributed by atoms with E-state index in [2.05, 4.69) is 0 Å². The fraction of sp³-hybridized carbons (Fsp3) is 0.333. The Morgan fingerprint density at radius 1 is 1.18 bits per heavy atom. The minimum absolute atomic E-state index is 0.0630. The smallest absolute Gasteiger partial charge is 0.341 e. The second-order valence-electron chi connectivity index (χ2n) is 3.62. The Kier molecular flexibility index (Phi) is 4.51. The molecule has 0 saturated heterocycles. The molecule has 0 spiro atoms. The molecular weight excluding hydrogens is 224 g/mol. The molecule has 0 radical (unpaired) electrons. The molecule has 0 saturated carbocycles. The quantitative estimate of drug-likeness (QED) is 0.811. The molecule has 0 aromatic heterocycles. The third kappa shape index (κ3) is 4.55. The molecule has 0 bridgehead atoms. The average molecular weight is 238 g/mol. The number of carbonyl (C=O) groups excluding carboxylic acids is 1. The molecule has 1 N–H and O–H groups in total. The van der Waals surface area contributed by atoms with Crippen molar-refractivity contribution in [1.82, 2.24) is 0 Å². The maximum Gasteiger partial charge on any atom is 0.341 e. The molecule has 0 aliphatic carbocycles. The van der Waals surface area contributed by atoms with E-state index in [-0.39, 0.29) is 12.4 Å². The summed E-state index contributed by atoms with van der Waals surface area (Å²) in [6, 6.07) is 5.11. The van der Waals surface area contributed by atoms with Crippen molar-refractivity contribution in [2.24, 2.45) is 0 Å². The summed E-state index contributed by atoms with van der Waals surface area (Å²) in [6.07, 6.45) is 0. The van der Waals surface area contributed by atoms with Gasteiger partial charge in [0.15, 0.2) is 23.9 Å². The first kappa shape index (κ1) is 13.0. The summed E-state index contributed by atoms with van der Waals surface area (Å²) < 4.78 is 10.3. The Morgan fingerprint density at radius 2 is 1.82 bits per heavy atom. The molecule has 0 unspecified atom stereocenters. The highest BCUT2D eigenvalue weighted by Crippen LogP contribution is 2.28. The lowest BCUT2D eigenvalue weighted by molar-refractivity contribution is -0.139. The normalized spacial score (nSPS) is 9.76. The van der Waals surface area contributed by atoms with E-state index in [1.165, 1.54) is 6.92 Å². The summed E-state index contributed by atoms with van der Waals surface area (Å²) in [5, 5.41) is 8.53. The summed E-state index contributed by atoms with van der Waals surface area (Å²) in [5.41, 5.74) is 0.917. The number of ether oxygens (including phenoxy) is 2. The van der Waals surface area contributed by atoms with Crippen molar-refractivity contribution in [1.29, 1.82) is 0 Å². The highest BCUT2D eigenvalue weighted by Gasteiger charge is 2.08. The Labute approximate surface area is 99.0 Å². The molecule has 0 fully saturated rings. The molecule has 0 aliphatic heterocycles. The maximum atomic E-state index is 10.8. The lowest BCUT2D eigenvalue weighted by atomic mass is 10.2. The summed E-state index contributed by atoms with van der Waals surface area (Å²) in [7, 11) is 0. The van der Waals surface area contributed by atoms with Gasteiger partial charge in [0, 0.05) is 0 Å². The van der Waals surface area contributed by atoms with E-state index < -0.39 is 12.6 Å². The van der Waals surface area contributed by atoms with Crippen molar-refractivity contribution in [2.45, 2.75) is 13.8 Å². The minimum atomic E-state index is -1.07.